The summed E-state index contributed by atoms with van der Waals surface area (Å²) in [4.78, 5) is 1.55. The second-order valence-electron chi connectivity index (χ2n) is 7.86. The van der Waals surface area contributed by atoms with E-state index in [2.05, 4.69) is 30.5 Å². The first-order valence-electron chi connectivity index (χ1n) is 9.55. The highest BCUT2D eigenvalue weighted by atomic mass is 32.1. The van der Waals surface area contributed by atoms with E-state index < -0.39 is 0 Å². The quantitative estimate of drug-likeness (QED) is 0.684. The van der Waals surface area contributed by atoms with Gasteiger partial charge in [-0.15, -0.1) is 11.3 Å². The number of rotatable bonds is 6. The number of thiophene rings is 1. The van der Waals surface area contributed by atoms with Gasteiger partial charge in [0.2, 0.25) is 0 Å². The molecule has 0 spiro atoms. The zero-order valence-corrected chi connectivity index (χ0v) is 15.4. The van der Waals surface area contributed by atoms with E-state index in [0.29, 0.717) is 11.2 Å². The summed E-state index contributed by atoms with van der Waals surface area (Å²) in [6.45, 7) is 2.35. The summed E-state index contributed by atoms with van der Waals surface area (Å²) >= 11 is 1.91. The molecule has 1 fully saturated rings. The van der Waals surface area contributed by atoms with Crippen molar-refractivity contribution in [1.29, 1.82) is 0 Å². The molecule has 0 saturated heterocycles. The maximum atomic E-state index is 10.1. The van der Waals surface area contributed by atoms with Gasteiger partial charge in [-0.25, -0.2) is 0 Å². The predicted molar refractivity (Wildman–Crippen MR) is 102 cm³/mol. The van der Waals surface area contributed by atoms with E-state index in [1.165, 1.54) is 56.1 Å². The molecule has 128 valence electrons. The average Bonchev–Trinajstić information content (AvgIpc) is 3.04. The molecule has 1 nitrogen and oxygen atoms in total. The molecule has 2 aliphatic rings. The minimum atomic E-state index is 0.514. The largest absolute Gasteiger partial charge is 0.508 e. The summed E-state index contributed by atoms with van der Waals surface area (Å²) < 4.78 is 0. The van der Waals surface area contributed by atoms with Gasteiger partial charge < -0.3 is 5.11 Å². The van der Waals surface area contributed by atoms with E-state index in [1.54, 1.807) is 4.88 Å². The lowest BCUT2D eigenvalue weighted by Gasteiger charge is -2.33. The third-order valence-corrected chi connectivity index (χ3v) is 7.52. The Balaban J connectivity index is 1.46. The lowest BCUT2D eigenvalue weighted by Crippen LogP contribution is -2.25. The summed E-state index contributed by atoms with van der Waals surface area (Å²) in [5.74, 6) is 2.25. The van der Waals surface area contributed by atoms with Crippen LogP contribution in [0.15, 0.2) is 35.7 Å². The van der Waals surface area contributed by atoms with Crippen LogP contribution in [0.3, 0.4) is 0 Å². The summed E-state index contributed by atoms with van der Waals surface area (Å²) in [6, 6.07) is 10.6. The summed E-state index contributed by atoms with van der Waals surface area (Å²) in [5.41, 5.74) is 3.22. The standard InChI is InChI=1S/C22H28OS/c1-2-12-22(15-18(22)8-10-19-6-4-13-24-19)17-9-11-20-16(14-17)5-3-7-21(20)23/h3-7,13,17-18,23H,2,8-12,14-15H2,1H3/t17-,18?,22?/m0/s1. The SMILES string of the molecule is CCCC1([C@H]2CCc3c(O)cccc3C2)CC1CCc1cccs1. The third-order valence-electron chi connectivity index (χ3n) is 6.58. The summed E-state index contributed by atoms with van der Waals surface area (Å²) in [6.07, 6.45) is 10.3. The van der Waals surface area contributed by atoms with E-state index in [0.717, 1.165) is 18.3 Å². The molecule has 2 aromatic rings. The molecule has 24 heavy (non-hydrogen) atoms. The Labute approximate surface area is 149 Å². The van der Waals surface area contributed by atoms with E-state index >= 15 is 0 Å². The summed E-state index contributed by atoms with van der Waals surface area (Å²) in [7, 11) is 0. The Bertz CT molecular complexity index is 690. The molecule has 2 heteroatoms. The first-order chi connectivity index (χ1) is 11.7. The fourth-order valence-corrected chi connectivity index (χ4v) is 6.04. The molecule has 4 rings (SSSR count). The van der Waals surface area contributed by atoms with Crippen LogP contribution in [-0.2, 0) is 19.3 Å². The van der Waals surface area contributed by atoms with Crippen LogP contribution in [0.1, 0.15) is 55.0 Å². The Kier molecular flexibility index (Phi) is 4.42. The first kappa shape index (κ1) is 16.2. The molecule has 2 unspecified atom stereocenters. The lowest BCUT2D eigenvalue weighted by atomic mass is 9.72. The number of fused-ring (bicyclic) bond motifs is 1. The minimum absolute atomic E-state index is 0.514. The van der Waals surface area contributed by atoms with Gasteiger partial charge in [-0.2, -0.15) is 0 Å². The van der Waals surface area contributed by atoms with E-state index in [1.807, 2.05) is 23.5 Å². The molecule has 2 aliphatic carbocycles. The number of aryl methyl sites for hydroxylation is 1. The molecular weight excluding hydrogens is 312 g/mol. The molecule has 0 radical (unpaired) electrons. The highest BCUT2D eigenvalue weighted by molar-refractivity contribution is 7.09. The van der Waals surface area contributed by atoms with Crippen molar-refractivity contribution in [3.05, 3.63) is 51.7 Å². The monoisotopic (exact) mass is 340 g/mol. The van der Waals surface area contributed by atoms with Crippen molar-refractivity contribution >= 4 is 11.3 Å². The average molecular weight is 341 g/mol. The molecule has 0 bridgehead atoms. The van der Waals surface area contributed by atoms with Gasteiger partial charge in [-0.1, -0.05) is 31.5 Å². The number of hydrogen-bond acceptors (Lipinski definition) is 2. The van der Waals surface area contributed by atoms with E-state index in [9.17, 15) is 5.11 Å². The molecule has 0 aliphatic heterocycles. The topological polar surface area (TPSA) is 20.2 Å². The van der Waals surface area contributed by atoms with Crippen molar-refractivity contribution in [2.24, 2.45) is 17.3 Å². The Morgan fingerprint density at radius 3 is 2.96 bits per heavy atom. The van der Waals surface area contributed by atoms with Crippen LogP contribution in [0.25, 0.3) is 0 Å². The zero-order valence-electron chi connectivity index (χ0n) is 14.6. The van der Waals surface area contributed by atoms with Gasteiger partial charge in [0.05, 0.1) is 0 Å². The van der Waals surface area contributed by atoms with Crippen molar-refractivity contribution in [1.82, 2.24) is 0 Å². The van der Waals surface area contributed by atoms with Crippen LogP contribution in [0, 0.1) is 17.3 Å². The molecule has 1 aromatic heterocycles. The molecule has 1 heterocycles. The Hall–Kier alpha value is -1.28. The van der Waals surface area contributed by atoms with Crippen LogP contribution in [0.5, 0.6) is 5.75 Å². The molecule has 1 N–H and O–H groups in total. The van der Waals surface area contributed by atoms with Crippen LogP contribution in [0.4, 0.5) is 0 Å². The fourth-order valence-electron chi connectivity index (χ4n) is 5.31. The zero-order chi connectivity index (χ0) is 16.6. The highest BCUT2D eigenvalue weighted by Gasteiger charge is 2.57. The predicted octanol–water partition coefficient (Wildman–Crippen LogP) is 6.00. The maximum absolute atomic E-state index is 10.1. The lowest BCUT2D eigenvalue weighted by molar-refractivity contribution is 0.227. The van der Waals surface area contributed by atoms with Gasteiger partial charge in [-0.3, -0.25) is 0 Å². The molecule has 1 saturated carbocycles. The number of phenolic OH excluding ortho intramolecular Hbond substituents is 1. The number of hydrogen-bond donors (Lipinski definition) is 1. The molecular formula is C22H28OS. The minimum Gasteiger partial charge on any atom is -0.508 e. The van der Waals surface area contributed by atoms with Crippen molar-refractivity contribution in [3.63, 3.8) is 0 Å². The van der Waals surface area contributed by atoms with Gasteiger partial charge in [0.25, 0.3) is 0 Å². The molecule has 0 amide bonds. The molecule has 1 aromatic carbocycles. The van der Waals surface area contributed by atoms with Gasteiger partial charge in [-0.05, 0) is 90.8 Å². The number of phenols is 1. The third kappa shape index (κ3) is 2.90. The maximum Gasteiger partial charge on any atom is 0.119 e. The second-order valence-corrected chi connectivity index (χ2v) is 8.89. The fraction of sp³-hybridized carbons (Fsp3) is 0.545. The van der Waals surface area contributed by atoms with Gasteiger partial charge >= 0.3 is 0 Å². The van der Waals surface area contributed by atoms with E-state index in [-0.39, 0.29) is 0 Å². The second kappa shape index (κ2) is 6.55. The normalized spacial score (nSPS) is 28.5. The molecule has 3 atom stereocenters. The highest BCUT2D eigenvalue weighted by Crippen LogP contribution is 2.65. The van der Waals surface area contributed by atoms with Crippen molar-refractivity contribution in [3.8, 4) is 5.75 Å². The Morgan fingerprint density at radius 2 is 2.17 bits per heavy atom. The van der Waals surface area contributed by atoms with Gasteiger partial charge in [0.15, 0.2) is 0 Å². The van der Waals surface area contributed by atoms with Crippen LogP contribution >= 0.6 is 11.3 Å². The van der Waals surface area contributed by atoms with Crippen molar-refractivity contribution in [2.75, 3.05) is 0 Å². The van der Waals surface area contributed by atoms with Crippen LogP contribution < -0.4 is 0 Å². The number of benzene rings is 1. The van der Waals surface area contributed by atoms with Crippen LogP contribution in [0.2, 0.25) is 0 Å². The van der Waals surface area contributed by atoms with Gasteiger partial charge in [0.1, 0.15) is 5.75 Å². The first-order valence-corrected chi connectivity index (χ1v) is 10.4. The number of aromatic hydroxyl groups is 1. The van der Waals surface area contributed by atoms with Gasteiger partial charge in [0, 0.05) is 4.88 Å². The van der Waals surface area contributed by atoms with E-state index in [4.69, 9.17) is 0 Å². The van der Waals surface area contributed by atoms with Crippen molar-refractivity contribution in [2.45, 2.75) is 58.3 Å². The van der Waals surface area contributed by atoms with Crippen molar-refractivity contribution < 1.29 is 5.11 Å². The van der Waals surface area contributed by atoms with Crippen LogP contribution in [-0.4, -0.2) is 5.11 Å². The summed E-state index contributed by atoms with van der Waals surface area (Å²) in [5, 5.41) is 12.3. The smallest absolute Gasteiger partial charge is 0.119 e. The Morgan fingerprint density at radius 1 is 1.25 bits per heavy atom.